The molecule has 0 N–H and O–H groups in total. The standard InChI is InChI=1S/C24H21ClN2O3S3/c1-2-26-22(32-21-10-8-16-6-3-4-7-18(16)24(21)26)15-23-27(12-5-13-33(28,29)30)19-14-17(25)9-11-20(19)31-23/h3-4,6-11,14-15H,2,5,12-13H2,1H3. The quantitative estimate of drug-likeness (QED) is 0.237. The summed E-state index contributed by atoms with van der Waals surface area (Å²) in [6, 6.07) is 18.5. The summed E-state index contributed by atoms with van der Waals surface area (Å²) in [5, 5.41) is 5.17. The second-order valence-corrected chi connectivity index (χ2v) is 11.9. The van der Waals surface area contributed by atoms with Crippen molar-refractivity contribution in [1.29, 1.82) is 0 Å². The van der Waals surface area contributed by atoms with Gasteiger partial charge in [-0.2, -0.15) is 4.57 Å². The average Bonchev–Trinajstić information content (AvgIpc) is 3.30. The number of nitrogens with zero attached hydrogens (tertiary/aromatic N) is 2. The minimum absolute atomic E-state index is 0.251. The molecule has 1 aliphatic rings. The van der Waals surface area contributed by atoms with Gasteiger partial charge < -0.3 is 9.45 Å². The molecule has 1 aromatic heterocycles. The summed E-state index contributed by atoms with van der Waals surface area (Å²) in [7, 11) is -4.26. The summed E-state index contributed by atoms with van der Waals surface area (Å²) in [5.74, 6) is -0.388. The molecule has 5 rings (SSSR count). The van der Waals surface area contributed by atoms with E-state index in [-0.39, 0.29) is 12.2 Å². The number of rotatable bonds is 6. The van der Waals surface area contributed by atoms with E-state index in [1.165, 1.54) is 21.0 Å². The molecule has 0 atom stereocenters. The van der Waals surface area contributed by atoms with Crippen LogP contribution in [0.3, 0.4) is 0 Å². The third kappa shape index (κ3) is 4.50. The van der Waals surface area contributed by atoms with Crippen molar-refractivity contribution >= 4 is 77.6 Å². The van der Waals surface area contributed by atoms with E-state index in [4.69, 9.17) is 11.6 Å². The molecule has 0 radical (unpaired) electrons. The summed E-state index contributed by atoms with van der Waals surface area (Å²) < 4.78 is 37.0. The number of halogens is 1. The molecule has 3 aromatic carbocycles. The van der Waals surface area contributed by atoms with Crippen molar-refractivity contribution in [3.8, 4) is 0 Å². The lowest BCUT2D eigenvalue weighted by molar-refractivity contribution is -0.664. The molecule has 33 heavy (non-hydrogen) atoms. The maximum atomic E-state index is 11.2. The molecular formula is C24H21ClN2O3S3. The number of fused-ring (bicyclic) bond motifs is 4. The second kappa shape index (κ2) is 8.92. The molecule has 0 amide bonds. The van der Waals surface area contributed by atoms with Gasteiger partial charge in [-0.1, -0.05) is 59.0 Å². The van der Waals surface area contributed by atoms with Gasteiger partial charge in [0, 0.05) is 22.2 Å². The Morgan fingerprint density at radius 1 is 1.15 bits per heavy atom. The van der Waals surface area contributed by atoms with E-state index in [0.29, 0.717) is 11.6 Å². The van der Waals surface area contributed by atoms with Crippen molar-refractivity contribution in [3.63, 3.8) is 0 Å². The van der Waals surface area contributed by atoms with Crippen LogP contribution in [-0.4, -0.2) is 25.3 Å². The van der Waals surface area contributed by atoms with Gasteiger partial charge in [-0.3, -0.25) is 0 Å². The van der Waals surface area contributed by atoms with Gasteiger partial charge in [-0.25, -0.2) is 8.42 Å². The van der Waals surface area contributed by atoms with E-state index >= 15 is 0 Å². The molecule has 4 aromatic rings. The third-order valence-electron chi connectivity index (χ3n) is 5.65. The lowest BCUT2D eigenvalue weighted by Crippen LogP contribution is -2.34. The van der Waals surface area contributed by atoms with Gasteiger partial charge in [0.1, 0.15) is 11.2 Å². The summed E-state index contributed by atoms with van der Waals surface area (Å²) in [5.41, 5.74) is 2.16. The molecule has 0 saturated heterocycles. The highest BCUT2D eigenvalue weighted by molar-refractivity contribution is 8.03. The molecule has 0 saturated carbocycles. The van der Waals surface area contributed by atoms with Crippen molar-refractivity contribution in [2.75, 3.05) is 17.2 Å². The Morgan fingerprint density at radius 3 is 2.76 bits per heavy atom. The predicted octanol–water partition coefficient (Wildman–Crippen LogP) is 5.86. The number of aromatic nitrogens is 1. The molecule has 0 bridgehead atoms. The Bertz CT molecular complexity index is 1510. The molecule has 0 spiro atoms. The Kier molecular flexibility index (Phi) is 6.13. The molecule has 0 fully saturated rings. The van der Waals surface area contributed by atoms with Gasteiger partial charge in [0.15, 0.2) is 0 Å². The van der Waals surface area contributed by atoms with E-state index in [0.717, 1.165) is 27.2 Å². The van der Waals surface area contributed by atoms with Gasteiger partial charge in [0.25, 0.3) is 5.01 Å². The number of anilines is 1. The topological polar surface area (TPSA) is 64.3 Å². The van der Waals surface area contributed by atoms with Crippen LogP contribution < -0.4 is 9.47 Å². The highest BCUT2D eigenvalue weighted by Crippen LogP contribution is 2.48. The fourth-order valence-corrected chi connectivity index (χ4v) is 7.22. The molecule has 170 valence electrons. The zero-order chi connectivity index (χ0) is 23.2. The largest absolute Gasteiger partial charge is 0.748 e. The van der Waals surface area contributed by atoms with Crippen LogP contribution in [0.5, 0.6) is 0 Å². The van der Waals surface area contributed by atoms with Gasteiger partial charge >= 0.3 is 0 Å². The first-order valence-electron chi connectivity index (χ1n) is 10.6. The van der Waals surface area contributed by atoms with E-state index in [1.54, 1.807) is 23.1 Å². The molecule has 0 aliphatic carbocycles. The summed E-state index contributed by atoms with van der Waals surface area (Å²) >= 11 is 9.63. The van der Waals surface area contributed by atoms with Crippen LogP contribution in [0.15, 0.2) is 64.5 Å². The van der Waals surface area contributed by atoms with Crippen molar-refractivity contribution in [2.24, 2.45) is 0 Å². The summed E-state index contributed by atoms with van der Waals surface area (Å²) in [4.78, 5) is 3.13. The third-order valence-corrected chi connectivity index (χ3v) is 8.88. The summed E-state index contributed by atoms with van der Waals surface area (Å²) in [6.07, 6.45) is 2.41. The molecule has 5 nitrogen and oxygen atoms in total. The summed E-state index contributed by atoms with van der Waals surface area (Å²) in [6.45, 7) is 3.39. The maximum Gasteiger partial charge on any atom is 0.265 e. The first kappa shape index (κ1) is 22.7. The van der Waals surface area contributed by atoms with E-state index in [1.807, 2.05) is 18.2 Å². The SMILES string of the molecule is CC[n+]1c(/C=C2\Sc3ccc(Cl)cc3N2CCCS(=O)(=O)[O-])sc2ccc3ccccc3c21. The molecule has 9 heteroatoms. The van der Waals surface area contributed by atoms with Gasteiger partial charge in [0.05, 0.1) is 32.3 Å². The Labute approximate surface area is 206 Å². The zero-order valence-corrected chi connectivity index (χ0v) is 21.0. The zero-order valence-electron chi connectivity index (χ0n) is 17.8. The minimum Gasteiger partial charge on any atom is -0.748 e. The molecule has 2 heterocycles. The highest BCUT2D eigenvalue weighted by Gasteiger charge is 2.28. The number of thioether (sulfide) groups is 1. The van der Waals surface area contributed by atoms with E-state index in [9.17, 15) is 13.0 Å². The minimum atomic E-state index is -4.26. The van der Waals surface area contributed by atoms with Crippen LogP contribution in [0.4, 0.5) is 5.69 Å². The molecule has 1 aliphatic heterocycles. The van der Waals surface area contributed by atoms with E-state index in [2.05, 4.69) is 58.9 Å². The van der Waals surface area contributed by atoms with Crippen LogP contribution in [0, 0.1) is 0 Å². The van der Waals surface area contributed by atoms with Crippen LogP contribution in [0.1, 0.15) is 18.4 Å². The van der Waals surface area contributed by atoms with Crippen LogP contribution in [0.25, 0.3) is 27.1 Å². The lowest BCUT2D eigenvalue weighted by Gasteiger charge is -2.20. The lowest BCUT2D eigenvalue weighted by atomic mass is 10.1. The number of hydrogen-bond acceptors (Lipinski definition) is 6. The first-order valence-corrected chi connectivity index (χ1v) is 14.2. The fraction of sp³-hybridized carbons (Fsp3) is 0.208. The van der Waals surface area contributed by atoms with Gasteiger partial charge in [0.2, 0.25) is 5.52 Å². The fourth-order valence-electron chi connectivity index (χ4n) is 4.21. The Hall–Kier alpha value is -2.10. The number of thiazole rings is 1. The first-order chi connectivity index (χ1) is 15.8. The van der Waals surface area contributed by atoms with Gasteiger partial charge in [-0.15, -0.1) is 0 Å². The molecular weight excluding hydrogens is 496 g/mol. The maximum absolute atomic E-state index is 11.2. The van der Waals surface area contributed by atoms with Crippen LogP contribution in [0.2, 0.25) is 5.02 Å². The monoisotopic (exact) mass is 516 g/mol. The van der Waals surface area contributed by atoms with Gasteiger partial charge in [-0.05, 0) is 49.1 Å². The highest BCUT2D eigenvalue weighted by atomic mass is 35.5. The number of aryl methyl sites for hydroxylation is 1. The van der Waals surface area contributed by atoms with Crippen molar-refractivity contribution in [2.45, 2.75) is 24.8 Å². The predicted molar refractivity (Wildman–Crippen MR) is 137 cm³/mol. The normalized spacial score (nSPS) is 15.1. The smallest absolute Gasteiger partial charge is 0.265 e. The number of hydrogen-bond donors (Lipinski definition) is 0. The van der Waals surface area contributed by atoms with Crippen molar-refractivity contribution in [3.05, 3.63) is 69.7 Å². The molecule has 0 unspecified atom stereocenters. The Balaban J connectivity index is 1.60. The van der Waals surface area contributed by atoms with E-state index < -0.39 is 10.1 Å². The number of benzene rings is 3. The average molecular weight is 517 g/mol. The van der Waals surface area contributed by atoms with Crippen molar-refractivity contribution < 1.29 is 17.5 Å². The second-order valence-electron chi connectivity index (χ2n) is 7.78. The van der Waals surface area contributed by atoms with Crippen LogP contribution >= 0.6 is 34.7 Å². The Morgan fingerprint density at radius 2 is 1.97 bits per heavy atom. The van der Waals surface area contributed by atoms with Crippen LogP contribution in [-0.2, 0) is 16.7 Å². The van der Waals surface area contributed by atoms with Crippen molar-refractivity contribution in [1.82, 2.24) is 0 Å².